The van der Waals surface area contributed by atoms with E-state index >= 15 is 0 Å². The van der Waals surface area contributed by atoms with Gasteiger partial charge in [-0.15, -0.1) is 11.8 Å². The molecule has 0 saturated carbocycles. The van der Waals surface area contributed by atoms with Gasteiger partial charge in [0.2, 0.25) is 0 Å². The third kappa shape index (κ3) is 3.57. The van der Waals surface area contributed by atoms with Gasteiger partial charge in [0.05, 0.1) is 17.7 Å². The molecule has 2 rings (SSSR count). The maximum Gasteiger partial charge on any atom is 0.285 e. The van der Waals surface area contributed by atoms with Crippen LogP contribution in [-0.4, -0.2) is 21.5 Å². The molecule has 0 fully saturated rings. The number of hydrogen-bond acceptors (Lipinski definition) is 5. The van der Waals surface area contributed by atoms with Crippen LogP contribution < -0.4 is 5.56 Å². The molecular formula is C14H12N2O4S. The number of carbonyl (C=O) groups excluding carboxylic acids is 1. The maximum atomic E-state index is 12.1. The molecule has 21 heavy (non-hydrogen) atoms. The fourth-order valence-corrected chi connectivity index (χ4v) is 2.18. The molecule has 7 heteroatoms. The number of aromatic nitrogens is 1. The van der Waals surface area contributed by atoms with E-state index < -0.39 is 10.5 Å². The predicted octanol–water partition coefficient (Wildman–Crippen LogP) is 2.36. The van der Waals surface area contributed by atoms with Gasteiger partial charge in [-0.2, -0.15) is 0 Å². The van der Waals surface area contributed by atoms with Crippen LogP contribution in [0.5, 0.6) is 0 Å². The Morgan fingerprint density at radius 1 is 1.24 bits per heavy atom. The van der Waals surface area contributed by atoms with E-state index in [9.17, 15) is 19.7 Å². The van der Waals surface area contributed by atoms with Crippen LogP contribution in [0.4, 0.5) is 5.69 Å². The van der Waals surface area contributed by atoms with E-state index in [1.54, 1.807) is 23.9 Å². The van der Waals surface area contributed by atoms with E-state index in [-0.39, 0.29) is 18.0 Å². The highest BCUT2D eigenvalue weighted by Gasteiger charge is 2.12. The number of pyridine rings is 1. The summed E-state index contributed by atoms with van der Waals surface area (Å²) in [5.41, 5.74) is -0.207. The molecule has 0 N–H and O–H groups in total. The molecule has 0 spiro atoms. The minimum absolute atomic E-state index is 0.222. The van der Waals surface area contributed by atoms with Crippen LogP contribution in [0.2, 0.25) is 0 Å². The van der Waals surface area contributed by atoms with Gasteiger partial charge in [-0.05, 0) is 18.4 Å². The number of thioether (sulfide) groups is 1. The summed E-state index contributed by atoms with van der Waals surface area (Å²) in [6.45, 7) is -0.223. The highest BCUT2D eigenvalue weighted by molar-refractivity contribution is 7.98. The van der Waals surface area contributed by atoms with Crippen molar-refractivity contribution in [2.45, 2.75) is 11.4 Å². The highest BCUT2D eigenvalue weighted by Crippen LogP contribution is 2.15. The largest absolute Gasteiger partial charge is 0.301 e. The monoisotopic (exact) mass is 304 g/mol. The number of carbonyl (C=O) groups is 1. The zero-order valence-corrected chi connectivity index (χ0v) is 12.0. The first-order chi connectivity index (χ1) is 10.0. The van der Waals surface area contributed by atoms with Gasteiger partial charge < -0.3 is 4.57 Å². The SMILES string of the molecule is CSc1ccc(C(=O)Cn2cc([N+](=O)[O-])ccc2=O)cc1. The van der Waals surface area contributed by atoms with Crippen molar-refractivity contribution >= 4 is 23.2 Å². The van der Waals surface area contributed by atoms with Crippen LogP contribution in [0.15, 0.2) is 52.3 Å². The van der Waals surface area contributed by atoms with Gasteiger partial charge in [-0.1, -0.05) is 12.1 Å². The number of hydrogen-bond donors (Lipinski definition) is 0. The second-order valence-corrected chi connectivity index (χ2v) is 5.14. The van der Waals surface area contributed by atoms with Crippen molar-refractivity contribution in [2.24, 2.45) is 0 Å². The van der Waals surface area contributed by atoms with Gasteiger partial charge in [0, 0.05) is 22.6 Å². The Morgan fingerprint density at radius 2 is 1.90 bits per heavy atom. The van der Waals surface area contributed by atoms with Gasteiger partial charge >= 0.3 is 0 Å². The number of Topliss-reactive ketones (excluding diaryl/α,β-unsaturated/α-hetero) is 1. The highest BCUT2D eigenvalue weighted by atomic mass is 32.2. The summed E-state index contributed by atoms with van der Waals surface area (Å²) in [5.74, 6) is -0.273. The van der Waals surface area contributed by atoms with Gasteiger partial charge in [0.1, 0.15) is 0 Å². The Balaban J connectivity index is 2.24. The molecule has 0 saturated heterocycles. The molecule has 0 atom stereocenters. The van der Waals surface area contributed by atoms with E-state index in [1.165, 1.54) is 0 Å². The van der Waals surface area contributed by atoms with Crippen molar-refractivity contribution in [1.29, 1.82) is 0 Å². The molecular weight excluding hydrogens is 292 g/mol. The fourth-order valence-electron chi connectivity index (χ4n) is 1.77. The summed E-state index contributed by atoms with van der Waals surface area (Å²) in [4.78, 5) is 34.9. The minimum Gasteiger partial charge on any atom is -0.301 e. The topological polar surface area (TPSA) is 82.2 Å². The van der Waals surface area contributed by atoms with Crippen molar-refractivity contribution in [1.82, 2.24) is 4.57 Å². The minimum atomic E-state index is -0.603. The fraction of sp³-hybridized carbons (Fsp3) is 0.143. The summed E-state index contributed by atoms with van der Waals surface area (Å²) in [6, 6.07) is 9.19. The number of nitro groups is 1. The lowest BCUT2D eigenvalue weighted by atomic mass is 10.1. The van der Waals surface area contributed by atoms with Crippen LogP contribution in [0, 0.1) is 10.1 Å². The Hall–Kier alpha value is -2.41. The molecule has 0 aliphatic carbocycles. The molecule has 0 aliphatic heterocycles. The van der Waals surface area contributed by atoms with Crippen LogP contribution in [0.25, 0.3) is 0 Å². The van der Waals surface area contributed by atoms with Crippen LogP contribution in [0.3, 0.4) is 0 Å². The molecule has 0 amide bonds. The Bertz CT molecular complexity index is 737. The summed E-state index contributed by atoms with van der Waals surface area (Å²) < 4.78 is 1.04. The van der Waals surface area contributed by atoms with Crippen molar-refractivity contribution < 1.29 is 9.72 Å². The smallest absolute Gasteiger partial charge is 0.285 e. The molecule has 2 aromatic rings. The molecule has 0 bridgehead atoms. The zero-order valence-electron chi connectivity index (χ0n) is 11.2. The van der Waals surface area contributed by atoms with Crippen LogP contribution >= 0.6 is 11.8 Å². The summed E-state index contributed by atoms with van der Waals surface area (Å²) in [6.07, 6.45) is 3.01. The van der Waals surface area contributed by atoms with E-state index in [0.717, 1.165) is 27.8 Å². The van der Waals surface area contributed by atoms with Crippen LogP contribution in [-0.2, 0) is 6.54 Å². The molecule has 6 nitrogen and oxygen atoms in total. The third-order valence-corrected chi connectivity index (χ3v) is 3.65. The molecule has 1 aromatic carbocycles. The number of nitrogens with zero attached hydrogens (tertiary/aromatic N) is 2. The quantitative estimate of drug-likeness (QED) is 0.366. The number of benzene rings is 1. The number of rotatable bonds is 5. The standard InChI is InChI=1S/C14H12N2O4S/c1-21-12-5-2-10(3-6-12)13(17)9-15-8-11(16(19)20)4-7-14(15)18/h2-8H,9H2,1H3. The predicted molar refractivity (Wildman–Crippen MR) is 79.9 cm³/mol. The molecule has 1 aromatic heterocycles. The van der Waals surface area contributed by atoms with Gasteiger partial charge in [0.25, 0.3) is 11.2 Å². The summed E-state index contributed by atoms with van der Waals surface area (Å²) >= 11 is 1.56. The molecule has 1 heterocycles. The Kier molecular flexibility index (Phi) is 4.54. The van der Waals surface area contributed by atoms with Crippen molar-refractivity contribution in [3.8, 4) is 0 Å². The van der Waals surface area contributed by atoms with Gasteiger partial charge in [0.15, 0.2) is 5.78 Å². The number of ketones is 1. The lowest BCUT2D eigenvalue weighted by molar-refractivity contribution is -0.385. The molecule has 0 radical (unpaired) electrons. The first-order valence-electron chi connectivity index (χ1n) is 6.03. The second kappa shape index (κ2) is 6.36. The van der Waals surface area contributed by atoms with Gasteiger partial charge in [-0.25, -0.2) is 0 Å². The Morgan fingerprint density at radius 3 is 2.48 bits per heavy atom. The lowest BCUT2D eigenvalue weighted by Gasteiger charge is -2.05. The van der Waals surface area contributed by atoms with Gasteiger partial charge in [-0.3, -0.25) is 19.7 Å². The first kappa shape index (κ1) is 15.0. The third-order valence-electron chi connectivity index (χ3n) is 2.90. The van der Waals surface area contributed by atoms with E-state index in [2.05, 4.69) is 0 Å². The van der Waals surface area contributed by atoms with E-state index in [4.69, 9.17) is 0 Å². The molecule has 108 valence electrons. The summed E-state index contributed by atoms with van der Waals surface area (Å²) in [5, 5.41) is 10.7. The average Bonchev–Trinajstić information content (AvgIpc) is 2.49. The lowest BCUT2D eigenvalue weighted by Crippen LogP contribution is -2.23. The Labute approximate surface area is 124 Å². The van der Waals surface area contributed by atoms with E-state index in [1.807, 2.05) is 18.4 Å². The molecule has 0 aliphatic rings. The van der Waals surface area contributed by atoms with Crippen molar-refractivity contribution in [2.75, 3.05) is 6.26 Å². The summed E-state index contributed by atoms with van der Waals surface area (Å²) in [7, 11) is 0. The first-order valence-corrected chi connectivity index (χ1v) is 7.26. The van der Waals surface area contributed by atoms with Crippen molar-refractivity contribution in [3.63, 3.8) is 0 Å². The zero-order chi connectivity index (χ0) is 15.4. The van der Waals surface area contributed by atoms with Crippen LogP contribution in [0.1, 0.15) is 10.4 Å². The normalized spacial score (nSPS) is 10.3. The van der Waals surface area contributed by atoms with Crippen molar-refractivity contribution in [3.05, 3.63) is 68.6 Å². The molecule has 0 unspecified atom stereocenters. The average molecular weight is 304 g/mol. The maximum absolute atomic E-state index is 12.1. The second-order valence-electron chi connectivity index (χ2n) is 4.26. The van der Waals surface area contributed by atoms with E-state index in [0.29, 0.717) is 5.56 Å².